The number of hydrogen-bond acceptors (Lipinski definition) is 4. The Kier molecular flexibility index (Phi) is 6.19. The van der Waals surface area contributed by atoms with E-state index in [-0.39, 0.29) is 23.6 Å². The molecule has 1 fully saturated rings. The van der Waals surface area contributed by atoms with Crippen molar-refractivity contribution >= 4 is 29.0 Å². The summed E-state index contributed by atoms with van der Waals surface area (Å²) < 4.78 is 45.6. The van der Waals surface area contributed by atoms with Gasteiger partial charge < -0.3 is 15.4 Å². The number of nitrogens with one attached hydrogen (secondary N) is 2. The van der Waals surface area contributed by atoms with Gasteiger partial charge in [0.25, 0.3) is 5.91 Å². The standard InChI is InChI=1S/C22H22ClF3N4O2/c1-32-16-8-2-13(3-9-16)21(31)28-15-6-4-14(5-7-15)27-20-17(23)10-11-19-29-18(12-30(19)20)22(24,25)26/h2-3,8-12,14-15,27H,4-7H2,1H3,(H,28,31)/t14-,15+. The molecule has 2 heterocycles. The molecule has 1 aliphatic rings. The monoisotopic (exact) mass is 466 g/mol. The Balaban J connectivity index is 1.38. The first-order valence-corrected chi connectivity index (χ1v) is 10.6. The lowest BCUT2D eigenvalue weighted by Crippen LogP contribution is -2.40. The molecule has 0 atom stereocenters. The average molecular weight is 467 g/mol. The summed E-state index contributed by atoms with van der Waals surface area (Å²) in [7, 11) is 1.57. The van der Waals surface area contributed by atoms with E-state index in [1.54, 1.807) is 31.4 Å². The van der Waals surface area contributed by atoms with E-state index in [0.717, 1.165) is 31.9 Å². The van der Waals surface area contributed by atoms with Crippen LogP contribution < -0.4 is 15.4 Å². The van der Waals surface area contributed by atoms with E-state index in [4.69, 9.17) is 16.3 Å². The molecule has 0 radical (unpaired) electrons. The smallest absolute Gasteiger partial charge is 0.434 e. The summed E-state index contributed by atoms with van der Waals surface area (Å²) in [6.07, 6.45) is -0.627. The molecule has 0 aliphatic heterocycles. The molecule has 1 aromatic carbocycles. The van der Waals surface area contributed by atoms with Gasteiger partial charge in [0, 0.05) is 23.8 Å². The molecule has 0 unspecified atom stereocenters. The number of pyridine rings is 1. The number of anilines is 1. The number of carbonyl (C=O) groups is 1. The molecule has 0 spiro atoms. The van der Waals surface area contributed by atoms with Crippen molar-refractivity contribution < 1.29 is 22.7 Å². The van der Waals surface area contributed by atoms with Gasteiger partial charge in [-0.15, -0.1) is 0 Å². The number of alkyl halides is 3. The minimum Gasteiger partial charge on any atom is -0.497 e. The van der Waals surface area contributed by atoms with Crippen LogP contribution in [-0.2, 0) is 6.18 Å². The first-order valence-electron chi connectivity index (χ1n) is 10.2. The number of methoxy groups -OCH3 is 1. The van der Waals surface area contributed by atoms with Crippen LogP contribution in [-0.4, -0.2) is 34.5 Å². The van der Waals surface area contributed by atoms with Crippen LogP contribution in [0.25, 0.3) is 5.65 Å². The van der Waals surface area contributed by atoms with Gasteiger partial charge in [0.2, 0.25) is 0 Å². The van der Waals surface area contributed by atoms with Crippen LogP contribution in [0.4, 0.5) is 19.0 Å². The van der Waals surface area contributed by atoms with Gasteiger partial charge in [0.15, 0.2) is 5.69 Å². The zero-order chi connectivity index (χ0) is 22.9. The number of ether oxygens (including phenoxy) is 1. The van der Waals surface area contributed by atoms with E-state index in [1.165, 1.54) is 16.5 Å². The fourth-order valence-corrected chi connectivity index (χ4v) is 4.10. The molecule has 1 amide bonds. The predicted molar refractivity (Wildman–Crippen MR) is 115 cm³/mol. The fraction of sp³-hybridized carbons (Fsp3) is 0.364. The quantitative estimate of drug-likeness (QED) is 0.544. The van der Waals surface area contributed by atoms with Crippen molar-refractivity contribution in [3.8, 4) is 5.75 Å². The van der Waals surface area contributed by atoms with Crippen LogP contribution in [0.2, 0.25) is 5.02 Å². The third-order valence-electron chi connectivity index (χ3n) is 5.62. The van der Waals surface area contributed by atoms with Crippen molar-refractivity contribution in [1.29, 1.82) is 0 Å². The maximum Gasteiger partial charge on any atom is 0.434 e. The minimum absolute atomic E-state index is 0.0176. The number of aromatic nitrogens is 2. The lowest BCUT2D eigenvalue weighted by Gasteiger charge is -2.30. The first kappa shape index (κ1) is 22.3. The zero-order valence-electron chi connectivity index (χ0n) is 17.2. The summed E-state index contributed by atoms with van der Waals surface area (Å²) >= 11 is 6.27. The van der Waals surface area contributed by atoms with Gasteiger partial charge in [-0.05, 0) is 62.1 Å². The van der Waals surface area contributed by atoms with Crippen molar-refractivity contribution in [2.45, 2.75) is 43.9 Å². The van der Waals surface area contributed by atoms with Gasteiger partial charge in [0.1, 0.15) is 17.2 Å². The lowest BCUT2D eigenvalue weighted by molar-refractivity contribution is -0.140. The van der Waals surface area contributed by atoms with E-state index in [2.05, 4.69) is 15.6 Å². The third-order valence-corrected chi connectivity index (χ3v) is 5.93. The van der Waals surface area contributed by atoms with Gasteiger partial charge in [-0.2, -0.15) is 13.2 Å². The molecule has 2 N–H and O–H groups in total. The van der Waals surface area contributed by atoms with Crippen LogP contribution in [0, 0.1) is 0 Å². The molecule has 3 aromatic rings. The SMILES string of the molecule is COc1ccc(C(=O)N[C@H]2CC[C@@H](Nc3c(Cl)ccc4nc(C(F)(F)F)cn34)CC2)cc1. The normalized spacial score (nSPS) is 19.0. The average Bonchev–Trinajstić information content (AvgIpc) is 3.22. The highest BCUT2D eigenvalue weighted by molar-refractivity contribution is 6.33. The molecule has 32 heavy (non-hydrogen) atoms. The second-order valence-corrected chi connectivity index (χ2v) is 8.18. The van der Waals surface area contributed by atoms with Gasteiger partial charge in [0.05, 0.1) is 12.1 Å². The number of fused-ring (bicyclic) bond motifs is 1. The third kappa shape index (κ3) is 4.77. The van der Waals surface area contributed by atoms with Crippen molar-refractivity contribution in [3.63, 3.8) is 0 Å². The van der Waals surface area contributed by atoms with Crippen LogP contribution in [0.1, 0.15) is 41.7 Å². The Morgan fingerprint density at radius 3 is 2.38 bits per heavy atom. The Morgan fingerprint density at radius 2 is 1.75 bits per heavy atom. The molecule has 170 valence electrons. The number of amides is 1. The number of rotatable bonds is 5. The molecule has 2 aromatic heterocycles. The minimum atomic E-state index is -4.53. The van der Waals surface area contributed by atoms with Crippen LogP contribution in [0.15, 0.2) is 42.6 Å². The molecule has 10 heteroatoms. The first-order chi connectivity index (χ1) is 15.2. The maximum atomic E-state index is 13.1. The second-order valence-electron chi connectivity index (χ2n) is 7.78. The maximum absolute atomic E-state index is 13.1. The second kappa shape index (κ2) is 8.90. The van der Waals surface area contributed by atoms with Crippen molar-refractivity contribution in [2.75, 3.05) is 12.4 Å². The molecule has 6 nitrogen and oxygen atoms in total. The molecular weight excluding hydrogens is 445 g/mol. The highest BCUT2D eigenvalue weighted by Gasteiger charge is 2.34. The summed E-state index contributed by atoms with van der Waals surface area (Å²) in [6, 6.07) is 9.93. The number of carbonyl (C=O) groups excluding carboxylic acids is 1. The fourth-order valence-electron chi connectivity index (χ4n) is 3.89. The molecule has 0 bridgehead atoms. The van der Waals surface area contributed by atoms with Crippen LogP contribution >= 0.6 is 11.6 Å². The van der Waals surface area contributed by atoms with Crippen molar-refractivity contribution in [2.24, 2.45) is 0 Å². The Bertz CT molecular complexity index is 1110. The summed E-state index contributed by atoms with van der Waals surface area (Å²) in [5.74, 6) is 0.926. The highest BCUT2D eigenvalue weighted by atomic mass is 35.5. The molecule has 4 rings (SSSR count). The number of imidazole rings is 1. The van der Waals surface area contributed by atoms with Gasteiger partial charge in [-0.3, -0.25) is 9.20 Å². The largest absolute Gasteiger partial charge is 0.497 e. The number of halogens is 4. The van der Waals surface area contributed by atoms with E-state index in [9.17, 15) is 18.0 Å². The lowest BCUT2D eigenvalue weighted by atomic mass is 9.91. The highest BCUT2D eigenvalue weighted by Crippen LogP contribution is 2.32. The molecule has 0 saturated heterocycles. The Morgan fingerprint density at radius 1 is 1.09 bits per heavy atom. The van der Waals surface area contributed by atoms with Crippen molar-refractivity contribution in [1.82, 2.24) is 14.7 Å². The van der Waals surface area contributed by atoms with Crippen LogP contribution in [0.3, 0.4) is 0 Å². The van der Waals surface area contributed by atoms with Gasteiger partial charge in [-0.1, -0.05) is 11.6 Å². The van der Waals surface area contributed by atoms with Gasteiger partial charge in [-0.25, -0.2) is 4.98 Å². The number of benzene rings is 1. The number of hydrogen-bond donors (Lipinski definition) is 2. The summed E-state index contributed by atoms with van der Waals surface area (Å²) in [4.78, 5) is 16.1. The van der Waals surface area contributed by atoms with Crippen molar-refractivity contribution in [3.05, 3.63) is 58.9 Å². The van der Waals surface area contributed by atoms with E-state index in [0.29, 0.717) is 22.2 Å². The van der Waals surface area contributed by atoms with E-state index < -0.39 is 11.9 Å². The summed E-state index contributed by atoms with van der Waals surface area (Å²) in [6.45, 7) is 0. The molecular formula is C22H22ClF3N4O2. The summed E-state index contributed by atoms with van der Waals surface area (Å²) in [5, 5.41) is 6.63. The summed E-state index contributed by atoms with van der Waals surface area (Å²) in [5.41, 5.74) is -0.234. The Labute approximate surface area is 187 Å². The topological polar surface area (TPSA) is 67.7 Å². The predicted octanol–water partition coefficient (Wildman–Crippen LogP) is 5.17. The Hall–Kier alpha value is -2.94. The van der Waals surface area contributed by atoms with E-state index in [1.807, 2.05) is 0 Å². The van der Waals surface area contributed by atoms with E-state index >= 15 is 0 Å². The molecule has 1 saturated carbocycles. The molecule has 1 aliphatic carbocycles. The van der Waals surface area contributed by atoms with Crippen LogP contribution in [0.5, 0.6) is 5.75 Å². The zero-order valence-corrected chi connectivity index (χ0v) is 18.0. The van der Waals surface area contributed by atoms with Gasteiger partial charge >= 0.3 is 6.18 Å². The number of nitrogens with zero attached hydrogens (tertiary/aromatic N) is 2.